The lowest BCUT2D eigenvalue weighted by atomic mass is 10.1. The van der Waals surface area contributed by atoms with Crippen LogP contribution in [0.3, 0.4) is 0 Å². The van der Waals surface area contributed by atoms with Gasteiger partial charge in [0.1, 0.15) is 18.1 Å². The lowest BCUT2D eigenvalue weighted by Gasteiger charge is -2.19. The van der Waals surface area contributed by atoms with Crippen molar-refractivity contribution in [2.24, 2.45) is 71.6 Å². The minimum atomic E-state index is -0.996. The van der Waals surface area contributed by atoms with Crippen molar-refractivity contribution in [2.75, 3.05) is 58.9 Å². The normalized spacial score (nSPS) is 12.1. The number of nitrogens with zero attached hydrogens (tertiary/aromatic N) is 4. The van der Waals surface area contributed by atoms with Crippen LogP contribution < -0.4 is 94.1 Å². The van der Waals surface area contributed by atoms with Gasteiger partial charge in [-0.1, -0.05) is 25.7 Å². The van der Waals surface area contributed by atoms with Crippen molar-refractivity contribution in [3.8, 4) is 0 Å². The summed E-state index contributed by atoms with van der Waals surface area (Å²) in [6, 6.07) is -3.20. The quantitative estimate of drug-likeness (QED) is 0.0158. The van der Waals surface area contributed by atoms with Gasteiger partial charge in [-0.05, 0) is 103 Å². The van der Waals surface area contributed by atoms with Crippen molar-refractivity contribution in [1.82, 2.24) is 42.5 Å². The molecule has 0 spiro atoms. The largest absolute Gasteiger partial charge is 0.481 e. The van der Waals surface area contributed by atoms with Crippen LogP contribution in [-0.2, 0) is 43.2 Å². The van der Waals surface area contributed by atoms with E-state index in [1.807, 2.05) is 0 Å². The molecule has 0 aliphatic carbocycles. The number of hydrogen-bond donors (Lipinski definition) is 18. The van der Waals surface area contributed by atoms with Gasteiger partial charge in [-0.15, -0.1) is 0 Å². The van der Waals surface area contributed by atoms with Crippen LogP contribution in [0.15, 0.2) is 20.0 Å². The van der Waals surface area contributed by atoms with Crippen molar-refractivity contribution in [3.05, 3.63) is 0 Å². The molecule has 0 fully saturated rings. The summed E-state index contributed by atoms with van der Waals surface area (Å²) in [4.78, 5) is 129. The van der Waals surface area contributed by atoms with E-state index >= 15 is 0 Å². The summed E-state index contributed by atoms with van der Waals surface area (Å²) in [5, 5.41) is 31.0. The number of aliphatic imine (C=N–C) groups is 4. The molecule has 0 heterocycles. The van der Waals surface area contributed by atoms with E-state index in [1.165, 1.54) is 0 Å². The lowest BCUT2D eigenvalue weighted by molar-refractivity contribution is -0.137. The highest BCUT2D eigenvalue weighted by molar-refractivity contribution is 5.89. The second-order valence-corrected chi connectivity index (χ2v) is 19.7. The van der Waals surface area contributed by atoms with Crippen LogP contribution in [-0.4, -0.2) is 165 Å². The Hall–Kier alpha value is -7.73. The Morgan fingerprint density at radius 3 is 0.890 bits per heavy atom. The van der Waals surface area contributed by atoms with E-state index in [-0.39, 0.29) is 149 Å². The van der Waals surface area contributed by atoms with Crippen LogP contribution in [0.2, 0.25) is 0 Å². The Morgan fingerprint density at radius 2 is 0.598 bits per heavy atom. The Bertz CT molecular complexity index is 2030. The fourth-order valence-electron chi connectivity index (χ4n) is 7.86. The topological polar surface area (TPSA) is 554 Å². The number of carbonyl (C=O) groups is 9. The van der Waals surface area contributed by atoms with Crippen LogP contribution in [0.1, 0.15) is 161 Å². The third-order valence-electron chi connectivity index (χ3n) is 12.3. The first-order valence-electron chi connectivity index (χ1n) is 28.6. The third-order valence-corrected chi connectivity index (χ3v) is 12.3. The molecule has 4 atom stereocenters. The second-order valence-electron chi connectivity index (χ2n) is 19.7. The van der Waals surface area contributed by atoms with Gasteiger partial charge in [-0.3, -0.25) is 63.1 Å². The zero-order valence-corrected chi connectivity index (χ0v) is 48.0. The molecular formula is C51H99N21O10. The summed E-state index contributed by atoms with van der Waals surface area (Å²) >= 11 is 0. The van der Waals surface area contributed by atoms with Gasteiger partial charge in [0.15, 0.2) is 23.8 Å². The minimum Gasteiger partial charge on any atom is -0.481 e. The Kier molecular flexibility index (Phi) is 43.5. The molecule has 0 saturated carbocycles. The van der Waals surface area contributed by atoms with Crippen LogP contribution in [0, 0.1) is 0 Å². The first kappa shape index (κ1) is 74.3. The van der Waals surface area contributed by atoms with E-state index in [2.05, 4.69) is 62.5 Å². The second kappa shape index (κ2) is 48.0. The van der Waals surface area contributed by atoms with Gasteiger partial charge in [0.05, 0.1) is 12.5 Å². The maximum atomic E-state index is 13.3. The highest BCUT2D eigenvalue weighted by Gasteiger charge is 2.23. The molecule has 31 heteroatoms. The number of amides is 8. The monoisotopic (exact) mass is 1170 g/mol. The van der Waals surface area contributed by atoms with Crippen LogP contribution in [0.25, 0.3) is 0 Å². The number of rotatable bonds is 50. The maximum absolute atomic E-state index is 13.3. The molecule has 27 N–H and O–H groups in total. The predicted molar refractivity (Wildman–Crippen MR) is 315 cm³/mol. The number of unbranched alkanes of at least 4 members (excludes halogenated alkanes) is 8. The van der Waals surface area contributed by atoms with Gasteiger partial charge in [-0.25, -0.2) is 0 Å². The predicted octanol–water partition coefficient (Wildman–Crippen LogP) is -3.72. The summed E-state index contributed by atoms with van der Waals surface area (Å²) in [6.07, 6.45) is 10.4. The number of nitrogens with one attached hydrogen (secondary N) is 8. The molecule has 0 aliphatic rings. The summed E-state index contributed by atoms with van der Waals surface area (Å²) in [7, 11) is 0. The van der Waals surface area contributed by atoms with Gasteiger partial charge in [0.25, 0.3) is 0 Å². The molecular weight excluding hydrogens is 1070 g/mol. The lowest BCUT2D eigenvalue weighted by Crippen LogP contribution is -2.47. The van der Waals surface area contributed by atoms with Crippen molar-refractivity contribution in [1.29, 1.82) is 0 Å². The van der Waals surface area contributed by atoms with Crippen LogP contribution in [0.4, 0.5) is 0 Å². The molecule has 0 aliphatic heterocycles. The molecule has 0 radical (unpaired) electrons. The highest BCUT2D eigenvalue weighted by Crippen LogP contribution is 2.08. The third kappa shape index (κ3) is 45.0. The standard InChI is InChI=1S/C51H99N21O10/c52-35(17-13-30-66-48(53)54)44(79)62-26-9-2-6-22-40(74)70-37(19-15-32-68-50(57)58)46(81)64-28-11-4-8-24-42(76)72-38(20-16-33-69-51(59)60)47(82)65-29-12-3-7-23-41(75)71-36(18-14-31-67-49(55)56)45(80)63-27-10-1-5-21-39(73)61-34-25-43(77)78/h35-38H,1-34,52H2,(H,61,73)(H,62,79)(H,63,80)(H,64,81)(H,65,82)(H,70,74)(H,71,75)(H,72,76)(H,77,78)(H4,53,54,66)(H4,55,56,67)(H4,57,58,68)(H4,59,60,69)/t35-,36-,37-,38-/m0/s1. The van der Waals surface area contributed by atoms with E-state index in [9.17, 15) is 43.2 Å². The van der Waals surface area contributed by atoms with Gasteiger partial charge in [0.2, 0.25) is 47.3 Å². The van der Waals surface area contributed by atoms with Gasteiger partial charge < -0.3 is 99.2 Å². The first-order chi connectivity index (χ1) is 39.1. The Balaban J connectivity index is 4.96. The van der Waals surface area contributed by atoms with Gasteiger partial charge >= 0.3 is 5.97 Å². The Morgan fingerprint density at radius 1 is 0.317 bits per heavy atom. The van der Waals surface area contributed by atoms with Crippen molar-refractivity contribution in [3.63, 3.8) is 0 Å². The molecule has 31 nitrogen and oxygen atoms in total. The van der Waals surface area contributed by atoms with Crippen molar-refractivity contribution >= 4 is 77.1 Å². The molecule has 0 unspecified atom stereocenters. The van der Waals surface area contributed by atoms with Gasteiger partial charge in [-0.2, -0.15) is 0 Å². The minimum absolute atomic E-state index is 0.0202. The summed E-state index contributed by atoms with van der Waals surface area (Å²) in [6.45, 7) is 2.53. The number of guanidine groups is 4. The fourth-order valence-corrected chi connectivity index (χ4v) is 7.86. The van der Waals surface area contributed by atoms with Crippen LogP contribution >= 0.6 is 0 Å². The molecule has 468 valence electrons. The summed E-state index contributed by atoms with van der Waals surface area (Å²) < 4.78 is 0. The molecule has 0 aromatic rings. The molecule has 8 amide bonds. The molecule has 0 aromatic heterocycles. The molecule has 0 aromatic carbocycles. The molecule has 0 bridgehead atoms. The molecule has 0 saturated heterocycles. The van der Waals surface area contributed by atoms with E-state index in [0.717, 1.165) is 0 Å². The maximum Gasteiger partial charge on any atom is 0.305 e. The zero-order valence-electron chi connectivity index (χ0n) is 48.0. The van der Waals surface area contributed by atoms with Gasteiger partial charge in [0, 0.05) is 84.6 Å². The van der Waals surface area contributed by atoms with E-state index in [1.54, 1.807) is 0 Å². The number of nitrogens with two attached hydrogens (primary N) is 9. The van der Waals surface area contributed by atoms with Crippen molar-refractivity contribution in [2.45, 2.75) is 185 Å². The fraction of sp³-hybridized carbons (Fsp3) is 0.745. The highest BCUT2D eigenvalue weighted by atomic mass is 16.4. The van der Waals surface area contributed by atoms with E-state index in [0.29, 0.717) is 142 Å². The number of carboxylic acid groups (broad SMARTS) is 1. The van der Waals surface area contributed by atoms with Crippen molar-refractivity contribution < 1.29 is 48.3 Å². The number of carboxylic acids is 1. The van der Waals surface area contributed by atoms with E-state index < -0.39 is 30.1 Å². The number of aliphatic carboxylic acids is 1. The first-order valence-corrected chi connectivity index (χ1v) is 28.6. The summed E-state index contributed by atoms with van der Waals surface area (Å²) in [5.41, 5.74) is 49.2. The average molecular weight is 1170 g/mol. The number of carbonyl (C=O) groups excluding carboxylic acids is 8. The molecule has 0 rings (SSSR count). The number of hydrogen-bond acceptors (Lipinski definition) is 14. The zero-order chi connectivity index (χ0) is 61.3. The summed E-state index contributed by atoms with van der Waals surface area (Å²) in [5.74, 6) is -3.88. The molecule has 82 heavy (non-hydrogen) atoms. The van der Waals surface area contributed by atoms with Crippen LogP contribution in [0.5, 0.6) is 0 Å². The SMILES string of the molecule is NC(N)=NCCC[C@H](NC(=O)CCCCCNC(=O)[C@H](CCCN=C(N)N)NC(=O)CCCCCNC(=O)[C@H](CCCN=C(N)N)NC(=O)CCCCCNC(=O)[C@@H](N)CCCN=C(N)N)C(=O)NCCCCCC(=O)NCCC(=O)O. The smallest absolute Gasteiger partial charge is 0.305 e. The average Bonchev–Trinajstić information content (AvgIpc) is 3.40. The Labute approximate surface area is 481 Å². The van der Waals surface area contributed by atoms with E-state index in [4.69, 9.17) is 56.7 Å².